The van der Waals surface area contributed by atoms with E-state index in [-0.39, 0.29) is 5.41 Å². The lowest BCUT2D eigenvalue weighted by molar-refractivity contribution is 0.661. The molecule has 0 aromatic heterocycles. The van der Waals surface area contributed by atoms with E-state index < -0.39 is 0 Å². The van der Waals surface area contributed by atoms with Gasteiger partial charge >= 0.3 is 0 Å². The molecule has 0 saturated heterocycles. The van der Waals surface area contributed by atoms with Crippen molar-refractivity contribution in [1.82, 2.24) is 0 Å². The highest BCUT2D eigenvalue weighted by molar-refractivity contribution is 6.23. The van der Waals surface area contributed by atoms with E-state index >= 15 is 0 Å². The van der Waals surface area contributed by atoms with Gasteiger partial charge in [-0.2, -0.15) is 0 Å². The number of hydrogen-bond donors (Lipinski definition) is 0. The summed E-state index contributed by atoms with van der Waals surface area (Å²) in [5, 5.41) is 10.9. The van der Waals surface area contributed by atoms with Crippen LogP contribution in [0.5, 0.6) is 0 Å². The molecule has 0 atom stereocenters. The van der Waals surface area contributed by atoms with Gasteiger partial charge in [-0.15, -0.1) is 0 Å². The minimum Gasteiger partial charge on any atom is -0.0757 e. The summed E-state index contributed by atoms with van der Waals surface area (Å²) >= 11 is 0. The van der Waals surface area contributed by atoms with Gasteiger partial charge in [-0.1, -0.05) is 159 Å². The van der Waals surface area contributed by atoms with Crippen molar-refractivity contribution < 1.29 is 0 Å². The molecule has 0 heteroatoms. The average Bonchev–Trinajstić information content (AvgIpc) is 3.82. The van der Waals surface area contributed by atoms with Crippen molar-refractivity contribution in [3.63, 3.8) is 0 Å². The Hall–Kier alpha value is -6.50. The van der Waals surface area contributed by atoms with Gasteiger partial charge < -0.3 is 0 Å². The van der Waals surface area contributed by atoms with E-state index in [1.165, 1.54) is 132 Å². The lowest BCUT2D eigenvalue weighted by atomic mass is 9.79. The molecule has 0 saturated carbocycles. The van der Waals surface area contributed by atoms with Gasteiger partial charge in [-0.25, -0.2) is 0 Å². The quantitative estimate of drug-likeness (QED) is 0.169. The van der Waals surface area contributed by atoms with Gasteiger partial charge in [0.2, 0.25) is 0 Å². The van der Waals surface area contributed by atoms with Crippen LogP contribution in [0.25, 0.3) is 122 Å². The summed E-state index contributed by atoms with van der Waals surface area (Å²) in [6.07, 6.45) is 7.18. The normalized spacial score (nSPS) is 14.7. The van der Waals surface area contributed by atoms with Crippen molar-refractivity contribution in [2.45, 2.75) is 32.1 Å². The van der Waals surface area contributed by atoms with Crippen LogP contribution < -0.4 is 10.4 Å². The second-order valence-electron chi connectivity index (χ2n) is 16.5. The first-order valence-corrected chi connectivity index (χ1v) is 19.8. The van der Waals surface area contributed by atoms with Crippen molar-refractivity contribution >= 4 is 44.5 Å². The lowest BCUT2D eigenvalue weighted by Gasteiger charge is -2.24. The fraction of sp³-hybridized carbons (Fsp3) is 0.0909. The maximum Gasteiger partial charge on any atom is 0.0159 e. The van der Waals surface area contributed by atoms with Gasteiger partial charge in [0, 0.05) is 5.41 Å². The van der Waals surface area contributed by atoms with E-state index in [4.69, 9.17) is 0 Å². The van der Waals surface area contributed by atoms with Crippen molar-refractivity contribution in [2.75, 3.05) is 0 Å². The highest BCUT2D eigenvalue weighted by Gasteiger charge is 2.36. The van der Waals surface area contributed by atoms with E-state index in [2.05, 4.69) is 172 Å². The summed E-state index contributed by atoms with van der Waals surface area (Å²) < 4.78 is 0. The topological polar surface area (TPSA) is 0 Å². The Morgan fingerprint density at radius 3 is 1.27 bits per heavy atom. The average molecular weight is 697 g/mol. The van der Waals surface area contributed by atoms with Crippen LogP contribution >= 0.6 is 0 Å². The molecule has 0 bridgehead atoms. The third-order valence-electron chi connectivity index (χ3n) is 13.6. The van der Waals surface area contributed by atoms with Crippen LogP contribution in [-0.4, -0.2) is 0 Å². The molecule has 0 nitrogen and oxygen atoms in total. The Morgan fingerprint density at radius 2 is 0.745 bits per heavy atom. The Morgan fingerprint density at radius 1 is 0.327 bits per heavy atom. The molecule has 4 aliphatic rings. The van der Waals surface area contributed by atoms with Crippen LogP contribution in [0.1, 0.15) is 37.8 Å². The summed E-state index contributed by atoms with van der Waals surface area (Å²) in [5.74, 6) is 0. The molecule has 0 heterocycles. The summed E-state index contributed by atoms with van der Waals surface area (Å²) in [5.41, 5.74) is 21.6. The summed E-state index contributed by atoms with van der Waals surface area (Å²) in [7, 11) is 0. The molecule has 9 aromatic carbocycles. The minimum atomic E-state index is -0.110. The number of rotatable bonds is 2. The maximum atomic E-state index is 2.60. The number of fused-ring (bicyclic) bond motifs is 11. The molecule has 13 rings (SSSR count). The maximum absolute atomic E-state index is 2.60. The van der Waals surface area contributed by atoms with E-state index in [1.807, 2.05) is 0 Å². The molecule has 0 N–H and O–H groups in total. The van der Waals surface area contributed by atoms with Crippen molar-refractivity contribution in [1.29, 1.82) is 0 Å². The Kier molecular flexibility index (Phi) is 5.64. The van der Waals surface area contributed by atoms with Crippen molar-refractivity contribution in [2.24, 2.45) is 0 Å². The molecule has 0 fully saturated rings. The summed E-state index contributed by atoms with van der Waals surface area (Å²) in [4.78, 5) is 0. The third kappa shape index (κ3) is 3.68. The molecular weight excluding hydrogens is 661 g/mol. The van der Waals surface area contributed by atoms with Crippen LogP contribution in [0.4, 0.5) is 0 Å². The molecular formula is C55H36. The van der Waals surface area contributed by atoms with E-state index in [1.54, 1.807) is 0 Å². The first-order chi connectivity index (χ1) is 27.1. The standard InChI is InChI=1S/C55H36/c1-55(2)49-24-10-9-17-35(49)46-29-47-48(30-50(46)55)54(45-28-26-43-34-16-6-4-14-32(34)37-21-12-23-41(45)52(37)43)39-19-8-7-18-38(39)53(47)44-27-25-42-33-15-5-3-13-31(33)36-20-11-22-40(44)51(36)42/h3-6,9-30H,7-8H2,1-2H3. The van der Waals surface area contributed by atoms with E-state index in [0.29, 0.717) is 0 Å². The molecule has 0 spiro atoms. The van der Waals surface area contributed by atoms with E-state index in [9.17, 15) is 0 Å². The molecule has 4 aliphatic carbocycles. The molecule has 0 amide bonds. The highest BCUT2D eigenvalue weighted by atomic mass is 14.4. The van der Waals surface area contributed by atoms with Gasteiger partial charge in [0.25, 0.3) is 0 Å². The zero-order valence-corrected chi connectivity index (χ0v) is 30.9. The zero-order valence-electron chi connectivity index (χ0n) is 30.9. The van der Waals surface area contributed by atoms with Gasteiger partial charge in [0.15, 0.2) is 0 Å². The van der Waals surface area contributed by atoms with Gasteiger partial charge in [-0.3, -0.25) is 0 Å². The lowest BCUT2D eigenvalue weighted by Crippen LogP contribution is -2.31. The largest absolute Gasteiger partial charge is 0.0757 e. The van der Waals surface area contributed by atoms with Crippen molar-refractivity contribution in [3.05, 3.63) is 167 Å². The molecule has 9 aromatic rings. The predicted molar refractivity (Wildman–Crippen MR) is 234 cm³/mol. The van der Waals surface area contributed by atoms with E-state index in [0.717, 1.165) is 12.8 Å². The molecule has 0 radical (unpaired) electrons. The number of benzene rings is 9. The molecule has 55 heavy (non-hydrogen) atoms. The monoisotopic (exact) mass is 696 g/mol. The van der Waals surface area contributed by atoms with Crippen LogP contribution in [0.15, 0.2) is 146 Å². The number of hydrogen-bond acceptors (Lipinski definition) is 0. The molecule has 0 aliphatic heterocycles. The first-order valence-electron chi connectivity index (χ1n) is 19.8. The first kappa shape index (κ1) is 29.9. The zero-order chi connectivity index (χ0) is 36.2. The van der Waals surface area contributed by atoms with Crippen LogP contribution in [0.2, 0.25) is 0 Å². The second-order valence-corrected chi connectivity index (χ2v) is 16.5. The minimum absolute atomic E-state index is 0.110. The van der Waals surface area contributed by atoms with Gasteiger partial charge in [0.05, 0.1) is 0 Å². The smallest absolute Gasteiger partial charge is 0.0159 e. The fourth-order valence-corrected chi connectivity index (χ4v) is 11.2. The SMILES string of the molecule is CC1(C)c2ccccc2-c2cc3c(-c4ccc5c6c(cccc46)-c4ccccc4-5)c4c(c(-c5ccc6c7c(cccc57)-c5ccccc5-6)c3cc21)=CCCC=4. The van der Waals surface area contributed by atoms with Crippen molar-refractivity contribution in [3.8, 4) is 77.9 Å². The van der Waals surface area contributed by atoms with Gasteiger partial charge in [-0.05, 0) is 157 Å². The Balaban J connectivity index is 1.21. The second kappa shape index (κ2) is 10.4. The molecule has 256 valence electrons. The summed E-state index contributed by atoms with van der Waals surface area (Å²) in [6, 6.07) is 55.7. The Labute approximate surface area is 320 Å². The van der Waals surface area contributed by atoms with Crippen LogP contribution in [-0.2, 0) is 5.41 Å². The van der Waals surface area contributed by atoms with Crippen LogP contribution in [0.3, 0.4) is 0 Å². The highest BCUT2D eigenvalue weighted by Crippen LogP contribution is 2.54. The molecule has 0 unspecified atom stereocenters. The fourth-order valence-electron chi connectivity index (χ4n) is 11.2. The third-order valence-corrected chi connectivity index (χ3v) is 13.6. The van der Waals surface area contributed by atoms with Crippen LogP contribution in [0, 0.1) is 0 Å². The van der Waals surface area contributed by atoms with Gasteiger partial charge in [0.1, 0.15) is 0 Å². The predicted octanol–water partition coefficient (Wildman–Crippen LogP) is 13.4. The Bertz CT molecular complexity index is 3330. The summed E-state index contributed by atoms with van der Waals surface area (Å²) in [6.45, 7) is 4.83.